The lowest BCUT2D eigenvalue weighted by molar-refractivity contribution is 0.278. The summed E-state index contributed by atoms with van der Waals surface area (Å²) in [4.78, 5) is 6.28. The lowest BCUT2D eigenvalue weighted by Gasteiger charge is -2.19. The Kier molecular flexibility index (Phi) is 2.82. The molecule has 1 aliphatic heterocycles. The molecular weight excluding hydrogens is 257 g/mol. The van der Waals surface area contributed by atoms with Crippen LogP contribution >= 0.6 is 0 Å². The van der Waals surface area contributed by atoms with Gasteiger partial charge >= 0.3 is 0 Å². The minimum Gasteiger partial charge on any atom is -0.440 e. The van der Waals surface area contributed by atoms with Crippen LogP contribution in [-0.4, -0.2) is 23.5 Å². The highest BCUT2D eigenvalue weighted by atomic mass is 19.2. The van der Waals surface area contributed by atoms with Crippen LogP contribution in [0.4, 0.5) is 13.2 Å². The number of aromatic nitrogens is 1. The molecule has 3 rings (SSSR count). The monoisotopic (exact) mass is 268 g/mol. The normalized spacial score (nSPS) is 15.6. The largest absolute Gasteiger partial charge is 0.440 e. The molecule has 0 saturated heterocycles. The molecule has 0 atom stereocenters. The van der Waals surface area contributed by atoms with E-state index >= 15 is 0 Å². The van der Waals surface area contributed by atoms with Crippen molar-refractivity contribution in [2.24, 2.45) is 0 Å². The van der Waals surface area contributed by atoms with E-state index in [2.05, 4.69) is 9.88 Å². The second-order valence-electron chi connectivity index (χ2n) is 4.63. The van der Waals surface area contributed by atoms with Gasteiger partial charge in [0.2, 0.25) is 5.89 Å². The number of halogens is 3. The van der Waals surface area contributed by atoms with Crippen molar-refractivity contribution in [3.63, 3.8) is 0 Å². The SMILES string of the molecule is CN1CCc2nc(-c3cc(F)c(F)c(F)c3)oc2C1. The Hall–Kier alpha value is -1.82. The Balaban J connectivity index is 2.03. The summed E-state index contributed by atoms with van der Waals surface area (Å²) >= 11 is 0. The Morgan fingerprint density at radius 3 is 2.58 bits per heavy atom. The molecule has 0 radical (unpaired) electrons. The Morgan fingerprint density at radius 1 is 1.21 bits per heavy atom. The van der Waals surface area contributed by atoms with Crippen molar-refractivity contribution in [3.05, 3.63) is 41.0 Å². The van der Waals surface area contributed by atoms with E-state index in [1.165, 1.54) is 0 Å². The quantitative estimate of drug-likeness (QED) is 0.745. The molecule has 2 aromatic rings. The topological polar surface area (TPSA) is 29.3 Å². The zero-order chi connectivity index (χ0) is 13.6. The van der Waals surface area contributed by atoms with E-state index < -0.39 is 17.5 Å². The highest BCUT2D eigenvalue weighted by Crippen LogP contribution is 2.27. The van der Waals surface area contributed by atoms with E-state index in [9.17, 15) is 13.2 Å². The van der Waals surface area contributed by atoms with Crippen LogP contribution in [0.2, 0.25) is 0 Å². The van der Waals surface area contributed by atoms with Gasteiger partial charge in [0.15, 0.2) is 17.5 Å². The number of rotatable bonds is 1. The Morgan fingerprint density at radius 2 is 1.89 bits per heavy atom. The molecule has 0 fully saturated rings. The first-order chi connectivity index (χ1) is 9.04. The summed E-state index contributed by atoms with van der Waals surface area (Å²) < 4.78 is 44.8. The van der Waals surface area contributed by atoms with Crippen molar-refractivity contribution in [1.82, 2.24) is 9.88 Å². The number of likely N-dealkylation sites (N-methyl/N-ethyl adjacent to an activating group) is 1. The van der Waals surface area contributed by atoms with Crippen LogP contribution in [0.1, 0.15) is 11.5 Å². The van der Waals surface area contributed by atoms with E-state index in [0.29, 0.717) is 12.3 Å². The number of hydrogen-bond donors (Lipinski definition) is 0. The average molecular weight is 268 g/mol. The summed E-state index contributed by atoms with van der Waals surface area (Å²) in [5, 5.41) is 0. The summed E-state index contributed by atoms with van der Waals surface area (Å²) in [6, 6.07) is 1.78. The first-order valence-electron chi connectivity index (χ1n) is 5.86. The smallest absolute Gasteiger partial charge is 0.226 e. The first-order valence-corrected chi connectivity index (χ1v) is 5.86. The van der Waals surface area contributed by atoms with Gasteiger partial charge in [-0.3, -0.25) is 4.90 Å². The maximum absolute atomic E-state index is 13.2. The first kappa shape index (κ1) is 12.2. The van der Waals surface area contributed by atoms with Gasteiger partial charge in [-0.1, -0.05) is 0 Å². The van der Waals surface area contributed by atoms with E-state index in [-0.39, 0.29) is 11.5 Å². The van der Waals surface area contributed by atoms with Crippen molar-refractivity contribution < 1.29 is 17.6 Å². The van der Waals surface area contributed by atoms with Crippen molar-refractivity contribution in [2.75, 3.05) is 13.6 Å². The van der Waals surface area contributed by atoms with Crippen molar-refractivity contribution >= 4 is 0 Å². The molecule has 1 aromatic carbocycles. The van der Waals surface area contributed by atoms with Gasteiger partial charge in [0.05, 0.1) is 12.2 Å². The molecule has 0 saturated carbocycles. The van der Waals surface area contributed by atoms with E-state index in [0.717, 1.165) is 30.8 Å². The van der Waals surface area contributed by atoms with Crippen LogP contribution in [0.15, 0.2) is 16.5 Å². The van der Waals surface area contributed by atoms with Gasteiger partial charge in [-0.05, 0) is 19.2 Å². The molecule has 0 spiro atoms. The predicted octanol–water partition coefficient (Wildman–Crippen LogP) is 2.75. The van der Waals surface area contributed by atoms with Crippen molar-refractivity contribution in [3.8, 4) is 11.5 Å². The second kappa shape index (κ2) is 4.38. The van der Waals surface area contributed by atoms with Gasteiger partial charge in [-0.15, -0.1) is 0 Å². The van der Waals surface area contributed by atoms with E-state index in [1.807, 2.05) is 7.05 Å². The fourth-order valence-electron chi connectivity index (χ4n) is 2.13. The lowest BCUT2D eigenvalue weighted by Crippen LogP contribution is -2.25. The third-order valence-electron chi connectivity index (χ3n) is 3.15. The predicted molar refractivity (Wildman–Crippen MR) is 61.9 cm³/mol. The molecule has 0 unspecified atom stereocenters. The molecule has 100 valence electrons. The molecule has 0 amide bonds. The number of nitrogens with zero attached hydrogens (tertiary/aromatic N) is 2. The standard InChI is InChI=1S/C13H11F3N2O/c1-18-3-2-10-11(6-18)19-13(17-10)7-4-8(14)12(16)9(15)5-7/h4-5H,2-3,6H2,1H3. The van der Waals surface area contributed by atoms with E-state index in [4.69, 9.17) is 4.42 Å². The minimum atomic E-state index is -1.49. The third-order valence-corrected chi connectivity index (χ3v) is 3.15. The summed E-state index contributed by atoms with van der Waals surface area (Å²) in [6.45, 7) is 1.46. The van der Waals surface area contributed by atoms with E-state index in [1.54, 1.807) is 0 Å². The summed E-state index contributed by atoms with van der Waals surface area (Å²) in [5.41, 5.74) is 0.895. The van der Waals surface area contributed by atoms with Gasteiger partial charge in [-0.25, -0.2) is 18.2 Å². The van der Waals surface area contributed by atoms with Crippen LogP contribution in [-0.2, 0) is 13.0 Å². The molecule has 6 heteroatoms. The van der Waals surface area contributed by atoms with Gasteiger partial charge in [-0.2, -0.15) is 0 Å². The van der Waals surface area contributed by atoms with Gasteiger partial charge in [0, 0.05) is 18.5 Å². The molecule has 1 aromatic heterocycles. The maximum atomic E-state index is 13.2. The number of hydrogen-bond acceptors (Lipinski definition) is 3. The number of fused-ring (bicyclic) bond motifs is 1. The summed E-state index contributed by atoms with van der Waals surface area (Å²) in [7, 11) is 1.95. The van der Waals surface area contributed by atoms with Crippen LogP contribution in [0.25, 0.3) is 11.5 Å². The fraction of sp³-hybridized carbons (Fsp3) is 0.308. The third kappa shape index (κ3) is 2.12. The van der Waals surface area contributed by atoms with Crippen LogP contribution < -0.4 is 0 Å². The Labute approximate surface area is 107 Å². The molecule has 19 heavy (non-hydrogen) atoms. The fourth-order valence-corrected chi connectivity index (χ4v) is 2.13. The number of oxazole rings is 1. The average Bonchev–Trinajstić information content (AvgIpc) is 2.78. The lowest BCUT2D eigenvalue weighted by atomic mass is 10.2. The maximum Gasteiger partial charge on any atom is 0.226 e. The zero-order valence-corrected chi connectivity index (χ0v) is 10.2. The number of benzene rings is 1. The highest BCUT2D eigenvalue weighted by Gasteiger charge is 2.22. The van der Waals surface area contributed by atoms with Gasteiger partial charge in [0.1, 0.15) is 5.76 Å². The van der Waals surface area contributed by atoms with Crippen LogP contribution in [0.3, 0.4) is 0 Å². The van der Waals surface area contributed by atoms with Crippen LogP contribution in [0.5, 0.6) is 0 Å². The van der Waals surface area contributed by atoms with Crippen LogP contribution in [0, 0.1) is 17.5 Å². The van der Waals surface area contributed by atoms with Crippen molar-refractivity contribution in [2.45, 2.75) is 13.0 Å². The van der Waals surface area contributed by atoms with Crippen molar-refractivity contribution in [1.29, 1.82) is 0 Å². The molecule has 0 aliphatic carbocycles. The molecule has 1 aliphatic rings. The van der Waals surface area contributed by atoms with Gasteiger partial charge < -0.3 is 4.42 Å². The summed E-state index contributed by atoms with van der Waals surface area (Å²) in [5.74, 6) is -3.17. The zero-order valence-electron chi connectivity index (χ0n) is 10.2. The van der Waals surface area contributed by atoms with Gasteiger partial charge in [0.25, 0.3) is 0 Å². The molecule has 2 heterocycles. The minimum absolute atomic E-state index is 0.105. The molecular formula is C13H11F3N2O. The highest BCUT2D eigenvalue weighted by molar-refractivity contribution is 5.54. The molecule has 0 N–H and O–H groups in total. The second-order valence-corrected chi connectivity index (χ2v) is 4.63. The molecule has 3 nitrogen and oxygen atoms in total. The molecule has 0 bridgehead atoms. The summed E-state index contributed by atoms with van der Waals surface area (Å²) in [6.07, 6.45) is 0.724. The Bertz CT molecular complexity index is 616.